The van der Waals surface area contributed by atoms with Crippen molar-refractivity contribution in [2.75, 3.05) is 0 Å². The van der Waals surface area contributed by atoms with E-state index in [1.165, 1.54) is 6.92 Å². The molecule has 0 amide bonds. The number of hydrogen-bond donors (Lipinski definition) is 1. The molecule has 1 aliphatic carbocycles. The van der Waals surface area contributed by atoms with Crippen LogP contribution in [0.3, 0.4) is 0 Å². The van der Waals surface area contributed by atoms with Gasteiger partial charge < -0.3 is 14.6 Å². The van der Waals surface area contributed by atoms with E-state index in [1.807, 2.05) is 60.7 Å². The second-order valence-electron chi connectivity index (χ2n) is 9.08. The highest BCUT2D eigenvalue weighted by molar-refractivity contribution is 6.02. The summed E-state index contributed by atoms with van der Waals surface area (Å²) in [6, 6.07) is 27.2. The highest BCUT2D eigenvalue weighted by atomic mass is 16.5. The Balaban J connectivity index is 1.64. The van der Waals surface area contributed by atoms with Gasteiger partial charge >= 0.3 is 11.9 Å². The molecule has 6 heteroatoms. The lowest BCUT2D eigenvalue weighted by molar-refractivity contribution is -0.174. The van der Waals surface area contributed by atoms with E-state index in [2.05, 4.69) is 0 Å². The van der Waals surface area contributed by atoms with Crippen LogP contribution >= 0.6 is 0 Å². The normalized spacial score (nSPS) is 23.9. The number of ketones is 1. The van der Waals surface area contributed by atoms with E-state index in [1.54, 1.807) is 30.3 Å². The lowest BCUT2D eigenvalue weighted by Gasteiger charge is -2.43. The number of carbonyl (C=O) groups excluding carboxylic acids is 3. The first-order valence-electron chi connectivity index (χ1n) is 11.6. The molecule has 4 atom stereocenters. The van der Waals surface area contributed by atoms with E-state index in [-0.39, 0.29) is 19.6 Å². The molecule has 1 saturated carbocycles. The largest absolute Gasteiger partial charge is 0.461 e. The SMILES string of the molecule is C[C@]1(O)CC(=O)[C@@H](C(=O)OCc2ccccc2)[C@H](c2ccccc2)[C@@H]1C(=O)OCc1ccccc1. The van der Waals surface area contributed by atoms with Crippen LogP contribution in [0.15, 0.2) is 91.0 Å². The quantitative estimate of drug-likeness (QED) is 0.409. The van der Waals surface area contributed by atoms with E-state index in [0.717, 1.165) is 11.1 Å². The van der Waals surface area contributed by atoms with E-state index < -0.39 is 41.1 Å². The number of benzene rings is 3. The van der Waals surface area contributed by atoms with Crippen molar-refractivity contribution in [1.82, 2.24) is 0 Å². The summed E-state index contributed by atoms with van der Waals surface area (Å²) >= 11 is 0. The second-order valence-corrected chi connectivity index (χ2v) is 9.08. The van der Waals surface area contributed by atoms with Crippen LogP contribution in [0.5, 0.6) is 0 Å². The first-order chi connectivity index (χ1) is 16.9. The summed E-state index contributed by atoms with van der Waals surface area (Å²) < 4.78 is 11.1. The van der Waals surface area contributed by atoms with Crippen LogP contribution in [0.2, 0.25) is 0 Å². The average Bonchev–Trinajstić information content (AvgIpc) is 2.86. The molecule has 1 N–H and O–H groups in total. The molecule has 3 aromatic carbocycles. The summed E-state index contributed by atoms with van der Waals surface area (Å²) in [7, 11) is 0. The molecule has 35 heavy (non-hydrogen) atoms. The van der Waals surface area contributed by atoms with Gasteiger partial charge in [0.25, 0.3) is 0 Å². The molecule has 0 bridgehead atoms. The van der Waals surface area contributed by atoms with Crippen molar-refractivity contribution in [3.63, 3.8) is 0 Å². The van der Waals surface area contributed by atoms with Crippen LogP contribution in [0.25, 0.3) is 0 Å². The number of aliphatic hydroxyl groups is 1. The molecule has 0 aromatic heterocycles. The topological polar surface area (TPSA) is 89.9 Å². The molecule has 1 fully saturated rings. The maximum absolute atomic E-state index is 13.4. The van der Waals surface area contributed by atoms with Gasteiger partial charge in [0.1, 0.15) is 19.1 Å². The van der Waals surface area contributed by atoms with Crippen molar-refractivity contribution in [3.05, 3.63) is 108 Å². The van der Waals surface area contributed by atoms with Gasteiger partial charge in [0.2, 0.25) is 0 Å². The van der Waals surface area contributed by atoms with Gasteiger partial charge in [-0.15, -0.1) is 0 Å². The van der Waals surface area contributed by atoms with Gasteiger partial charge in [0.15, 0.2) is 5.78 Å². The molecule has 0 aliphatic heterocycles. The van der Waals surface area contributed by atoms with Crippen LogP contribution < -0.4 is 0 Å². The molecule has 3 aromatic rings. The van der Waals surface area contributed by atoms with Crippen LogP contribution in [0, 0.1) is 11.8 Å². The van der Waals surface area contributed by atoms with Gasteiger partial charge in [0, 0.05) is 12.3 Å². The summed E-state index contributed by atoms with van der Waals surface area (Å²) in [5.41, 5.74) is 0.472. The highest BCUT2D eigenvalue weighted by Crippen LogP contribution is 2.46. The Hall–Kier alpha value is -3.77. The molecule has 0 saturated heterocycles. The van der Waals surface area contributed by atoms with Crippen LogP contribution in [-0.2, 0) is 37.1 Å². The third kappa shape index (κ3) is 5.66. The summed E-state index contributed by atoms with van der Waals surface area (Å²) in [5, 5.41) is 11.2. The first kappa shape index (κ1) is 24.4. The van der Waals surface area contributed by atoms with Crippen molar-refractivity contribution >= 4 is 17.7 Å². The van der Waals surface area contributed by atoms with Gasteiger partial charge in [-0.05, 0) is 23.6 Å². The second kappa shape index (κ2) is 10.7. The Morgan fingerprint density at radius 2 is 1.26 bits per heavy atom. The predicted octanol–water partition coefficient (Wildman–Crippen LogP) is 4.21. The van der Waals surface area contributed by atoms with E-state index in [9.17, 15) is 19.5 Å². The standard InChI is InChI=1S/C29H28O6/c1-29(33)17-23(30)25(27(31)34-18-20-11-5-2-6-12-20)24(22-15-9-4-10-16-22)26(29)28(32)35-19-21-13-7-3-8-14-21/h2-16,24-26,33H,17-19H2,1H3/t24-,25+,26+,29-/m0/s1. The summed E-state index contributed by atoms with van der Waals surface area (Å²) in [4.78, 5) is 39.8. The van der Waals surface area contributed by atoms with Crippen molar-refractivity contribution in [2.45, 2.75) is 38.1 Å². The maximum Gasteiger partial charge on any atom is 0.317 e. The van der Waals surface area contributed by atoms with E-state index >= 15 is 0 Å². The minimum atomic E-state index is -1.69. The average molecular weight is 473 g/mol. The molecule has 0 unspecified atom stereocenters. The molecule has 6 nitrogen and oxygen atoms in total. The van der Waals surface area contributed by atoms with Crippen LogP contribution in [0.4, 0.5) is 0 Å². The molecule has 0 heterocycles. The maximum atomic E-state index is 13.4. The van der Waals surface area contributed by atoms with Crippen molar-refractivity contribution in [1.29, 1.82) is 0 Å². The predicted molar refractivity (Wildman–Crippen MR) is 129 cm³/mol. The number of Topliss-reactive ketones (excluding diaryl/α,β-unsaturated/α-hetero) is 1. The molecule has 0 radical (unpaired) electrons. The Bertz CT molecular complexity index is 1160. The van der Waals surface area contributed by atoms with Crippen molar-refractivity contribution in [3.8, 4) is 0 Å². The van der Waals surface area contributed by atoms with Crippen molar-refractivity contribution < 1.29 is 29.0 Å². The lowest BCUT2D eigenvalue weighted by Crippen LogP contribution is -2.55. The van der Waals surface area contributed by atoms with Gasteiger partial charge in [-0.3, -0.25) is 14.4 Å². The van der Waals surface area contributed by atoms with E-state index in [4.69, 9.17) is 9.47 Å². The molecule has 180 valence electrons. The van der Waals surface area contributed by atoms with Crippen LogP contribution in [0.1, 0.15) is 36.0 Å². The minimum Gasteiger partial charge on any atom is -0.461 e. The number of ether oxygens (including phenoxy) is 2. The zero-order valence-electron chi connectivity index (χ0n) is 19.5. The number of esters is 2. The molecular formula is C29H28O6. The monoisotopic (exact) mass is 472 g/mol. The van der Waals surface area contributed by atoms with Gasteiger partial charge in [0.05, 0.1) is 11.5 Å². The van der Waals surface area contributed by atoms with Gasteiger partial charge in [-0.25, -0.2) is 0 Å². The smallest absolute Gasteiger partial charge is 0.317 e. The summed E-state index contributed by atoms with van der Waals surface area (Å²) in [6.07, 6.45) is -0.355. The Morgan fingerprint density at radius 1 is 0.800 bits per heavy atom. The number of carbonyl (C=O) groups is 3. The summed E-state index contributed by atoms with van der Waals surface area (Å²) in [6.45, 7) is 1.47. The fourth-order valence-electron chi connectivity index (χ4n) is 4.73. The molecule has 1 aliphatic rings. The zero-order chi connectivity index (χ0) is 24.8. The van der Waals surface area contributed by atoms with E-state index in [0.29, 0.717) is 5.56 Å². The first-order valence-corrected chi connectivity index (χ1v) is 11.6. The summed E-state index contributed by atoms with van der Waals surface area (Å²) in [5.74, 6) is -5.16. The third-order valence-corrected chi connectivity index (χ3v) is 6.41. The fourth-order valence-corrected chi connectivity index (χ4v) is 4.73. The number of hydrogen-bond acceptors (Lipinski definition) is 6. The van der Waals surface area contributed by atoms with Crippen molar-refractivity contribution in [2.24, 2.45) is 11.8 Å². The molecule has 4 rings (SSSR count). The highest BCUT2D eigenvalue weighted by Gasteiger charge is 2.57. The Labute approximate surface area is 204 Å². The van der Waals surface area contributed by atoms with Crippen LogP contribution in [-0.4, -0.2) is 28.4 Å². The Kier molecular flexibility index (Phi) is 7.42. The zero-order valence-corrected chi connectivity index (χ0v) is 19.5. The number of rotatable bonds is 7. The fraction of sp³-hybridized carbons (Fsp3) is 0.276. The molecular weight excluding hydrogens is 444 g/mol. The molecule has 0 spiro atoms. The van der Waals surface area contributed by atoms with Gasteiger partial charge in [-0.1, -0.05) is 91.0 Å². The lowest BCUT2D eigenvalue weighted by atomic mass is 9.62. The Morgan fingerprint density at radius 3 is 1.77 bits per heavy atom. The van der Waals surface area contributed by atoms with Gasteiger partial charge in [-0.2, -0.15) is 0 Å². The third-order valence-electron chi connectivity index (χ3n) is 6.41. The minimum absolute atomic E-state index is 0.00444.